The highest BCUT2D eigenvalue weighted by molar-refractivity contribution is 5.77. The van der Waals surface area contributed by atoms with Gasteiger partial charge < -0.3 is 4.57 Å². The van der Waals surface area contributed by atoms with Gasteiger partial charge in [0, 0.05) is 19.3 Å². The van der Waals surface area contributed by atoms with Crippen molar-refractivity contribution in [3.8, 4) is 0 Å². The van der Waals surface area contributed by atoms with Crippen LogP contribution in [0.4, 0.5) is 5.69 Å². The van der Waals surface area contributed by atoms with Crippen LogP contribution in [0.5, 0.6) is 0 Å². The van der Waals surface area contributed by atoms with Crippen molar-refractivity contribution in [1.29, 1.82) is 0 Å². The summed E-state index contributed by atoms with van der Waals surface area (Å²) in [4.78, 5) is 23.3. The van der Waals surface area contributed by atoms with E-state index in [0.717, 1.165) is 5.69 Å². The maximum Gasteiger partial charge on any atom is 0.258 e. The van der Waals surface area contributed by atoms with Crippen LogP contribution in [-0.4, -0.2) is 17.5 Å². The van der Waals surface area contributed by atoms with E-state index in [2.05, 4.69) is 5.43 Å². The molecule has 0 unspecified atom stereocenters. The summed E-state index contributed by atoms with van der Waals surface area (Å²) in [5, 5.41) is 1.62. The van der Waals surface area contributed by atoms with Crippen LogP contribution >= 0.6 is 0 Å². The van der Waals surface area contributed by atoms with E-state index in [1.54, 1.807) is 30.4 Å². The molecule has 0 fully saturated rings. The van der Waals surface area contributed by atoms with Gasteiger partial charge in [-0.05, 0) is 18.2 Å². The third-order valence-electron chi connectivity index (χ3n) is 2.65. The summed E-state index contributed by atoms with van der Waals surface area (Å²) in [6, 6.07) is 14.2. The number of carbonyl (C=O) groups is 1. The van der Waals surface area contributed by atoms with E-state index in [4.69, 9.17) is 0 Å². The Bertz CT molecular complexity index is 607. The van der Waals surface area contributed by atoms with Gasteiger partial charge in [0.2, 0.25) is 0 Å². The van der Waals surface area contributed by atoms with Gasteiger partial charge in [-0.25, -0.2) is 0 Å². The third-order valence-corrected chi connectivity index (χ3v) is 2.65. The Balaban J connectivity index is 1.99. The summed E-state index contributed by atoms with van der Waals surface area (Å²) in [6.07, 6.45) is 1.59. The highest BCUT2D eigenvalue weighted by Crippen LogP contribution is 2.08. The second kappa shape index (κ2) is 5.86. The average molecular weight is 257 g/mol. The van der Waals surface area contributed by atoms with Crippen LogP contribution in [-0.2, 0) is 11.3 Å². The van der Waals surface area contributed by atoms with Gasteiger partial charge in [0.05, 0.1) is 5.69 Å². The molecule has 0 spiro atoms. The van der Waals surface area contributed by atoms with Crippen LogP contribution in [0.15, 0.2) is 59.5 Å². The number of nitrogens with one attached hydrogen (secondary N) is 1. The molecule has 5 nitrogen and oxygen atoms in total. The number of amides is 1. The molecule has 98 valence electrons. The van der Waals surface area contributed by atoms with Gasteiger partial charge in [0.15, 0.2) is 0 Å². The Morgan fingerprint density at radius 2 is 1.84 bits per heavy atom. The quantitative estimate of drug-likeness (QED) is 0.832. The van der Waals surface area contributed by atoms with Crippen molar-refractivity contribution in [1.82, 2.24) is 9.99 Å². The number of hydrogen-bond acceptors (Lipinski definition) is 3. The summed E-state index contributed by atoms with van der Waals surface area (Å²) in [6.45, 7) is -0.00313. The standard InChI is InChI=1S/C14H15N3O2/c1-16(12-7-3-2-4-8-12)15-13(18)11-17-10-6-5-9-14(17)19/h2-10H,11H2,1H3,(H,15,18). The molecule has 1 N–H and O–H groups in total. The molecule has 1 amide bonds. The Morgan fingerprint density at radius 1 is 1.16 bits per heavy atom. The summed E-state index contributed by atoms with van der Waals surface area (Å²) >= 11 is 0. The lowest BCUT2D eigenvalue weighted by molar-refractivity contribution is -0.121. The minimum Gasteiger partial charge on any atom is -0.306 e. The first kappa shape index (κ1) is 12.9. The number of carbonyl (C=O) groups excluding carboxylic acids is 1. The van der Waals surface area contributed by atoms with Crippen LogP contribution in [0.3, 0.4) is 0 Å². The van der Waals surface area contributed by atoms with E-state index < -0.39 is 0 Å². The maximum absolute atomic E-state index is 11.8. The summed E-state index contributed by atoms with van der Waals surface area (Å²) < 4.78 is 1.36. The number of nitrogens with zero attached hydrogens (tertiary/aromatic N) is 2. The van der Waals surface area contributed by atoms with Crippen molar-refractivity contribution in [3.05, 3.63) is 65.1 Å². The average Bonchev–Trinajstić information content (AvgIpc) is 2.42. The van der Waals surface area contributed by atoms with Crippen molar-refractivity contribution in [2.45, 2.75) is 6.54 Å². The molecule has 0 radical (unpaired) electrons. The van der Waals surface area contributed by atoms with Crippen molar-refractivity contribution in [2.24, 2.45) is 0 Å². The molecule has 5 heteroatoms. The van der Waals surface area contributed by atoms with Crippen molar-refractivity contribution < 1.29 is 4.79 Å². The van der Waals surface area contributed by atoms with Gasteiger partial charge >= 0.3 is 0 Å². The number of benzene rings is 1. The Morgan fingerprint density at radius 3 is 2.53 bits per heavy atom. The molecule has 2 rings (SSSR count). The molecule has 2 aromatic rings. The van der Waals surface area contributed by atoms with Crippen LogP contribution in [0.2, 0.25) is 0 Å². The molecule has 19 heavy (non-hydrogen) atoms. The van der Waals surface area contributed by atoms with E-state index in [9.17, 15) is 9.59 Å². The molecule has 0 saturated carbocycles. The van der Waals surface area contributed by atoms with Crippen molar-refractivity contribution in [3.63, 3.8) is 0 Å². The molecular weight excluding hydrogens is 242 g/mol. The maximum atomic E-state index is 11.8. The zero-order valence-electron chi connectivity index (χ0n) is 10.6. The number of hydrazine groups is 1. The lowest BCUT2D eigenvalue weighted by atomic mass is 10.3. The summed E-state index contributed by atoms with van der Waals surface area (Å²) in [5.41, 5.74) is 3.38. The highest BCUT2D eigenvalue weighted by Gasteiger charge is 2.07. The number of aromatic nitrogens is 1. The van der Waals surface area contributed by atoms with Crippen molar-refractivity contribution in [2.75, 3.05) is 12.1 Å². The fourth-order valence-corrected chi connectivity index (χ4v) is 1.68. The van der Waals surface area contributed by atoms with Gasteiger partial charge in [-0.1, -0.05) is 24.3 Å². The van der Waals surface area contributed by atoms with Crippen LogP contribution in [0.25, 0.3) is 0 Å². The third kappa shape index (κ3) is 3.45. The van der Waals surface area contributed by atoms with Gasteiger partial charge in [-0.15, -0.1) is 0 Å². The first-order valence-electron chi connectivity index (χ1n) is 5.90. The largest absolute Gasteiger partial charge is 0.306 e. The monoisotopic (exact) mass is 257 g/mol. The summed E-state index contributed by atoms with van der Waals surface area (Å²) in [5.74, 6) is -0.250. The summed E-state index contributed by atoms with van der Waals surface area (Å²) in [7, 11) is 1.75. The number of hydrogen-bond donors (Lipinski definition) is 1. The molecule has 0 aliphatic heterocycles. The molecule has 1 aromatic carbocycles. The van der Waals surface area contributed by atoms with Crippen LogP contribution in [0.1, 0.15) is 0 Å². The fourth-order valence-electron chi connectivity index (χ4n) is 1.68. The Labute approximate surface area is 111 Å². The van der Waals surface area contributed by atoms with Gasteiger partial charge in [-0.2, -0.15) is 0 Å². The SMILES string of the molecule is CN(NC(=O)Cn1ccccc1=O)c1ccccc1. The topological polar surface area (TPSA) is 54.3 Å². The lowest BCUT2D eigenvalue weighted by Crippen LogP contribution is -2.42. The fraction of sp³-hybridized carbons (Fsp3) is 0.143. The smallest absolute Gasteiger partial charge is 0.258 e. The first-order chi connectivity index (χ1) is 9.16. The van der Waals surface area contributed by atoms with E-state index in [0.29, 0.717) is 0 Å². The zero-order valence-corrected chi connectivity index (χ0v) is 10.6. The molecule has 0 aliphatic carbocycles. The molecule has 0 saturated heterocycles. The molecule has 1 heterocycles. The van der Waals surface area contributed by atoms with E-state index in [1.807, 2.05) is 30.3 Å². The van der Waals surface area contributed by atoms with E-state index in [-0.39, 0.29) is 18.0 Å². The second-order valence-electron chi connectivity index (χ2n) is 4.10. The minimum atomic E-state index is -0.250. The van der Waals surface area contributed by atoms with Crippen LogP contribution < -0.4 is 16.0 Å². The zero-order chi connectivity index (χ0) is 13.7. The Kier molecular flexibility index (Phi) is 3.97. The van der Waals surface area contributed by atoms with Gasteiger partial charge in [0.25, 0.3) is 11.5 Å². The van der Waals surface area contributed by atoms with Crippen molar-refractivity contribution >= 4 is 11.6 Å². The predicted molar refractivity (Wildman–Crippen MR) is 73.7 cm³/mol. The molecule has 0 aliphatic rings. The normalized spacial score (nSPS) is 9.95. The minimum absolute atomic E-state index is 0.00313. The number of pyridine rings is 1. The Hall–Kier alpha value is -2.56. The molecule has 0 atom stereocenters. The number of rotatable bonds is 4. The lowest BCUT2D eigenvalue weighted by Gasteiger charge is -2.20. The van der Waals surface area contributed by atoms with Gasteiger partial charge in [0.1, 0.15) is 6.54 Å². The number of para-hydroxylation sites is 1. The van der Waals surface area contributed by atoms with E-state index in [1.165, 1.54) is 10.6 Å². The van der Waals surface area contributed by atoms with E-state index >= 15 is 0 Å². The second-order valence-corrected chi connectivity index (χ2v) is 4.10. The molecular formula is C14H15N3O2. The number of anilines is 1. The first-order valence-corrected chi connectivity index (χ1v) is 5.90. The molecule has 0 bridgehead atoms. The van der Waals surface area contributed by atoms with Gasteiger partial charge in [-0.3, -0.25) is 20.0 Å². The highest BCUT2D eigenvalue weighted by atomic mass is 16.2. The molecule has 1 aromatic heterocycles. The van der Waals surface area contributed by atoms with Crippen LogP contribution in [0, 0.1) is 0 Å². The predicted octanol–water partition coefficient (Wildman–Crippen LogP) is 1.02.